The van der Waals surface area contributed by atoms with Crippen LogP contribution in [0, 0.1) is 0 Å². The van der Waals surface area contributed by atoms with Crippen molar-refractivity contribution in [1.82, 2.24) is 0 Å². The Morgan fingerprint density at radius 1 is 0.299 bits per heavy atom. The number of nitrogens with zero attached hydrogens (tertiary/aromatic N) is 1. The van der Waals surface area contributed by atoms with Gasteiger partial charge in [0.05, 0.1) is 11.1 Å². The molecule has 0 radical (unpaired) electrons. The van der Waals surface area contributed by atoms with Gasteiger partial charge in [-0.1, -0.05) is 206 Å². The third-order valence-electron chi connectivity index (χ3n) is 14.0. The number of anilines is 3. The molecule has 0 amide bonds. The van der Waals surface area contributed by atoms with Gasteiger partial charge in [-0.25, -0.2) is 0 Å². The summed E-state index contributed by atoms with van der Waals surface area (Å²) in [6.45, 7) is 0. The fourth-order valence-corrected chi connectivity index (χ4v) is 10.9. The molecule has 1 heterocycles. The summed E-state index contributed by atoms with van der Waals surface area (Å²) in [7, 11) is 0. The van der Waals surface area contributed by atoms with E-state index < -0.39 is 5.41 Å². The van der Waals surface area contributed by atoms with Crippen LogP contribution in [0.4, 0.5) is 17.1 Å². The fraction of sp³-hybridized carbons (Fsp3) is 0.0154. The molecule has 314 valence electrons. The SMILES string of the molecule is c1ccc(C2(c3ccccc3)c3ccccc3-c3ccc(-c4ccccc4N(c4ccc(-c5cccc6ccccc56)cc4)c4cccc(-c5ccc6oc7ccccc7c6c5)c4)cc32)cc1. The Balaban J connectivity index is 1.00. The van der Waals surface area contributed by atoms with Crippen LogP contribution in [0.3, 0.4) is 0 Å². The first kappa shape index (κ1) is 38.7. The van der Waals surface area contributed by atoms with Crippen LogP contribution in [0.15, 0.2) is 265 Å². The van der Waals surface area contributed by atoms with Crippen molar-refractivity contribution in [2.75, 3.05) is 4.90 Å². The molecule has 0 atom stereocenters. The van der Waals surface area contributed by atoms with Crippen molar-refractivity contribution in [2.45, 2.75) is 5.41 Å². The zero-order valence-electron chi connectivity index (χ0n) is 36.7. The van der Waals surface area contributed by atoms with Crippen LogP contribution in [0.5, 0.6) is 0 Å². The van der Waals surface area contributed by atoms with Gasteiger partial charge in [-0.2, -0.15) is 0 Å². The molecule has 0 unspecified atom stereocenters. The predicted octanol–water partition coefficient (Wildman–Crippen LogP) is 17.6. The maximum atomic E-state index is 6.24. The first-order valence-electron chi connectivity index (χ1n) is 23.1. The molecule has 13 rings (SSSR count). The summed E-state index contributed by atoms with van der Waals surface area (Å²) in [5.41, 5.74) is 19.1. The third kappa shape index (κ3) is 6.26. The van der Waals surface area contributed by atoms with E-state index in [4.69, 9.17) is 4.42 Å². The summed E-state index contributed by atoms with van der Waals surface area (Å²) in [5.74, 6) is 0. The Kier molecular flexibility index (Phi) is 9.11. The van der Waals surface area contributed by atoms with E-state index in [1.165, 1.54) is 55.3 Å². The Morgan fingerprint density at radius 2 is 0.881 bits per heavy atom. The molecule has 2 nitrogen and oxygen atoms in total. The summed E-state index contributed by atoms with van der Waals surface area (Å²) in [5, 5.41) is 4.72. The highest BCUT2D eigenvalue weighted by atomic mass is 16.3. The quantitative estimate of drug-likeness (QED) is 0.151. The molecule has 0 fully saturated rings. The Morgan fingerprint density at radius 3 is 1.70 bits per heavy atom. The van der Waals surface area contributed by atoms with E-state index in [1.54, 1.807) is 0 Å². The summed E-state index contributed by atoms with van der Waals surface area (Å²) in [6.07, 6.45) is 0. The van der Waals surface area contributed by atoms with Crippen LogP contribution in [-0.4, -0.2) is 0 Å². The Bertz CT molecular complexity index is 3760. The van der Waals surface area contributed by atoms with Crippen molar-refractivity contribution in [3.63, 3.8) is 0 Å². The summed E-state index contributed by atoms with van der Waals surface area (Å²) in [4.78, 5) is 2.43. The van der Waals surface area contributed by atoms with E-state index in [1.807, 2.05) is 12.1 Å². The molecule has 1 aliphatic carbocycles. The Hall–Kier alpha value is -8.72. The molecule has 0 spiro atoms. The maximum Gasteiger partial charge on any atom is 0.135 e. The molecule has 0 N–H and O–H groups in total. The molecule has 12 aromatic rings. The molecule has 1 aromatic heterocycles. The highest BCUT2D eigenvalue weighted by Gasteiger charge is 2.46. The standard InChI is InChI=1S/C65H43NO/c1-3-20-49(21-4-1)65(50-22-5-2-6-23-50)60-30-12-9-27-56(60)57-39-35-48(43-61(57)65)55-26-10-13-31-62(55)66(51-37-33-45(34-38-51)54-29-16-18-44-17-7-8-25-53(44)54)52-24-15-19-46(41-52)47-36-40-64-59(42-47)58-28-11-14-32-63(58)67-64/h1-43H. The highest BCUT2D eigenvalue weighted by molar-refractivity contribution is 6.06. The molecule has 0 saturated heterocycles. The number of furan rings is 1. The lowest BCUT2D eigenvalue weighted by molar-refractivity contribution is 0.669. The number of hydrogen-bond acceptors (Lipinski definition) is 2. The first-order chi connectivity index (χ1) is 33.2. The smallest absolute Gasteiger partial charge is 0.135 e. The third-order valence-corrected chi connectivity index (χ3v) is 14.0. The van der Waals surface area contributed by atoms with Crippen LogP contribution in [0.1, 0.15) is 22.3 Å². The van der Waals surface area contributed by atoms with Crippen molar-refractivity contribution in [3.05, 3.63) is 283 Å². The molecular formula is C65H43NO. The van der Waals surface area contributed by atoms with Crippen molar-refractivity contribution in [2.24, 2.45) is 0 Å². The van der Waals surface area contributed by atoms with E-state index >= 15 is 0 Å². The van der Waals surface area contributed by atoms with Crippen LogP contribution >= 0.6 is 0 Å². The second kappa shape index (κ2) is 15.8. The minimum absolute atomic E-state index is 0.508. The average Bonchev–Trinajstić information content (AvgIpc) is 3.93. The van der Waals surface area contributed by atoms with Gasteiger partial charge in [-0.15, -0.1) is 0 Å². The Labute approximate surface area is 390 Å². The van der Waals surface area contributed by atoms with Gasteiger partial charge in [0.2, 0.25) is 0 Å². The van der Waals surface area contributed by atoms with Gasteiger partial charge in [-0.05, 0) is 127 Å². The lowest BCUT2D eigenvalue weighted by atomic mass is 9.67. The van der Waals surface area contributed by atoms with E-state index in [0.29, 0.717) is 0 Å². The first-order valence-corrected chi connectivity index (χ1v) is 23.1. The second-order valence-electron chi connectivity index (χ2n) is 17.6. The van der Waals surface area contributed by atoms with Gasteiger partial charge >= 0.3 is 0 Å². The van der Waals surface area contributed by atoms with E-state index in [-0.39, 0.29) is 0 Å². The fourth-order valence-electron chi connectivity index (χ4n) is 10.9. The monoisotopic (exact) mass is 853 g/mol. The second-order valence-corrected chi connectivity index (χ2v) is 17.6. The molecule has 1 aliphatic rings. The molecular weight excluding hydrogens is 811 g/mol. The number of para-hydroxylation sites is 2. The molecule has 0 bridgehead atoms. The van der Waals surface area contributed by atoms with E-state index in [9.17, 15) is 0 Å². The minimum atomic E-state index is -0.508. The van der Waals surface area contributed by atoms with Gasteiger partial charge < -0.3 is 9.32 Å². The van der Waals surface area contributed by atoms with Crippen molar-refractivity contribution >= 4 is 49.8 Å². The van der Waals surface area contributed by atoms with Crippen molar-refractivity contribution in [3.8, 4) is 44.5 Å². The van der Waals surface area contributed by atoms with Crippen molar-refractivity contribution < 1.29 is 4.42 Å². The largest absolute Gasteiger partial charge is 0.456 e. The van der Waals surface area contributed by atoms with E-state index in [0.717, 1.165) is 61.3 Å². The predicted molar refractivity (Wildman–Crippen MR) is 280 cm³/mol. The zero-order valence-corrected chi connectivity index (χ0v) is 36.7. The molecule has 0 saturated carbocycles. The van der Waals surface area contributed by atoms with Crippen LogP contribution in [0.2, 0.25) is 0 Å². The molecule has 11 aromatic carbocycles. The molecule has 2 heteroatoms. The number of rotatable bonds is 8. The van der Waals surface area contributed by atoms with Gasteiger partial charge in [0.15, 0.2) is 0 Å². The number of hydrogen-bond donors (Lipinski definition) is 0. The normalized spacial score (nSPS) is 12.6. The van der Waals surface area contributed by atoms with Gasteiger partial charge in [0.1, 0.15) is 11.2 Å². The maximum absolute atomic E-state index is 6.24. The number of benzene rings is 11. The van der Waals surface area contributed by atoms with Crippen LogP contribution in [0.25, 0.3) is 77.2 Å². The summed E-state index contributed by atoms with van der Waals surface area (Å²) < 4.78 is 6.24. The van der Waals surface area contributed by atoms with Crippen LogP contribution in [-0.2, 0) is 5.41 Å². The molecule has 0 aliphatic heterocycles. The molecule has 67 heavy (non-hydrogen) atoms. The summed E-state index contributed by atoms with van der Waals surface area (Å²) >= 11 is 0. The minimum Gasteiger partial charge on any atom is -0.456 e. The van der Waals surface area contributed by atoms with Gasteiger partial charge in [-0.3, -0.25) is 0 Å². The average molecular weight is 854 g/mol. The highest BCUT2D eigenvalue weighted by Crippen LogP contribution is 2.57. The lowest BCUT2D eigenvalue weighted by Crippen LogP contribution is -2.28. The number of fused-ring (bicyclic) bond motifs is 7. The zero-order chi connectivity index (χ0) is 44.3. The topological polar surface area (TPSA) is 16.4 Å². The van der Waals surface area contributed by atoms with Crippen molar-refractivity contribution in [1.29, 1.82) is 0 Å². The van der Waals surface area contributed by atoms with Gasteiger partial charge in [0, 0.05) is 27.7 Å². The summed E-state index contributed by atoms with van der Waals surface area (Å²) in [6, 6.07) is 95.2. The lowest BCUT2D eigenvalue weighted by Gasteiger charge is -2.34. The van der Waals surface area contributed by atoms with E-state index in [2.05, 4.69) is 254 Å². The van der Waals surface area contributed by atoms with Crippen LogP contribution < -0.4 is 4.90 Å². The van der Waals surface area contributed by atoms with Gasteiger partial charge in [0.25, 0.3) is 0 Å².